The maximum absolute atomic E-state index is 10.5. The first-order valence-electron chi connectivity index (χ1n) is 5.19. The fourth-order valence-corrected chi connectivity index (χ4v) is 2.02. The Balaban J connectivity index is 2.46. The highest BCUT2D eigenvalue weighted by Gasteiger charge is 2.46. The van der Waals surface area contributed by atoms with Gasteiger partial charge in [-0.15, -0.1) is 0 Å². The predicted octanol–water partition coefficient (Wildman–Crippen LogP) is -0.191. The van der Waals surface area contributed by atoms with Gasteiger partial charge in [-0.05, 0) is 5.56 Å². The highest BCUT2D eigenvalue weighted by molar-refractivity contribution is 5.33. The van der Waals surface area contributed by atoms with Gasteiger partial charge in [0.05, 0.1) is 6.04 Å². The maximum atomic E-state index is 10.5. The van der Waals surface area contributed by atoms with E-state index in [1.807, 2.05) is 6.07 Å². The molecule has 0 spiro atoms. The second-order valence-electron chi connectivity index (χ2n) is 4.27. The normalized spacial score (nSPS) is 38.6. The minimum atomic E-state index is -1.58. The number of hydrogen-bond donors (Lipinski definition) is 4. The van der Waals surface area contributed by atoms with E-state index in [-0.39, 0.29) is 6.42 Å². The molecule has 1 aromatic carbocycles. The molecule has 6 N–H and O–H groups in total. The summed E-state index contributed by atoms with van der Waals surface area (Å²) in [4.78, 5) is 0. The average Bonchev–Trinajstić information content (AvgIpc) is 2.27. The fourth-order valence-electron chi connectivity index (χ4n) is 2.02. The SMILES string of the molecule is NC1C(N)(O)CC=CC1(O)c1ccccc1. The molecular weight excluding hydrogens is 204 g/mol. The third-order valence-corrected chi connectivity index (χ3v) is 3.07. The lowest BCUT2D eigenvalue weighted by Crippen LogP contribution is -2.65. The van der Waals surface area contributed by atoms with E-state index in [2.05, 4.69) is 0 Å². The summed E-state index contributed by atoms with van der Waals surface area (Å²) >= 11 is 0. The predicted molar refractivity (Wildman–Crippen MR) is 61.2 cm³/mol. The Morgan fingerprint density at radius 1 is 1.19 bits per heavy atom. The molecule has 3 unspecified atom stereocenters. The molecule has 0 bridgehead atoms. The zero-order valence-electron chi connectivity index (χ0n) is 8.88. The van der Waals surface area contributed by atoms with Crippen LogP contribution in [0.2, 0.25) is 0 Å². The van der Waals surface area contributed by atoms with Crippen LogP contribution in [0.1, 0.15) is 12.0 Å². The highest BCUT2D eigenvalue weighted by Crippen LogP contribution is 2.34. The van der Waals surface area contributed by atoms with Crippen LogP contribution in [0, 0.1) is 0 Å². The van der Waals surface area contributed by atoms with E-state index >= 15 is 0 Å². The molecule has 4 nitrogen and oxygen atoms in total. The van der Waals surface area contributed by atoms with E-state index in [1.165, 1.54) is 0 Å². The summed E-state index contributed by atoms with van der Waals surface area (Å²) in [6, 6.07) is 8.01. The molecule has 1 aromatic rings. The topological polar surface area (TPSA) is 92.5 Å². The maximum Gasteiger partial charge on any atom is 0.135 e. The monoisotopic (exact) mass is 220 g/mol. The first kappa shape index (κ1) is 11.3. The lowest BCUT2D eigenvalue weighted by molar-refractivity contribution is -0.0697. The Hall–Kier alpha value is -1.20. The van der Waals surface area contributed by atoms with E-state index in [0.29, 0.717) is 5.56 Å². The van der Waals surface area contributed by atoms with Gasteiger partial charge >= 0.3 is 0 Å². The number of aliphatic hydroxyl groups is 2. The van der Waals surface area contributed by atoms with Crippen LogP contribution in [0.25, 0.3) is 0 Å². The second kappa shape index (κ2) is 3.68. The third kappa shape index (κ3) is 1.66. The van der Waals surface area contributed by atoms with E-state index in [1.54, 1.807) is 36.4 Å². The van der Waals surface area contributed by atoms with Crippen molar-refractivity contribution in [2.45, 2.75) is 23.8 Å². The molecule has 2 rings (SSSR count). The van der Waals surface area contributed by atoms with E-state index in [0.717, 1.165) is 0 Å². The molecule has 0 amide bonds. The smallest absolute Gasteiger partial charge is 0.135 e. The summed E-state index contributed by atoms with van der Waals surface area (Å²) in [6.07, 6.45) is 3.48. The van der Waals surface area contributed by atoms with Gasteiger partial charge in [-0.2, -0.15) is 0 Å². The molecule has 86 valence electrons. The summed E-state index contributed by atoms with van der Waals surface area (Å²) in [5.41, 5.74) is 9.13. The van der Waals surface area contributed by atoms with E-state index in [4.69, 9.17) is 11.5 Å². The molecule has 0 aromatic heterocycles. The van der Waals surface area contributed by atoms with Crippen LogP contribution in [0.4, 0.5) is 0 Å². The van der Waals surface area contributed by atoms with Crippen molar-refractivity contribution in [2.75, 3.05) is 0 Å². The van der Waals surface area contributed by atoms with Gasteiger partial charge in [0.2, 0.25) is 0 Å². The van der Waals surface area contributed by atoms with Crippen LogP contribution in [0.15, 0.2) is 42.5 Å². The van der Waals surface area contributed by atoms with Gasteiger partial charge in [0.1, 0.15) is 11.3 Å². The minimum absolute atomic E-state index is 0.239. The molecule has 1 aliphatic rings. The Kier molecular flexibility index (Phi) is 2.59. The molecule has 1 aliphatic carbocycles. The third-order valence-electron chi connectivity index (χ3n) is 3.07. The van der Waals surface area contributed by atoms with Crippen LogP contribution < -0.4 is 11.5 Å². The van der Waals surface area contributed by atoms with Crippen LogP contribution in [-0.2, 0) is 5.60 Å². The zero-order valence-corrected chi connectivity index (χ0v) is 8.88. The fraction of sp³-hybridized carbons (Fsp3) is 0.333. The number of hydrogen-bond acceptors (Lipinski definition) is 4. The van der Waals surface area contributed by atoms with Crippen molar-refractivity contribution in [3.8, 4) is 0 Å². The standard InChI is InChI=1S/C12H16N2O2/c13-10-11(15,7-4-8-12(10,14)16)9-5-2-1-3-6-9/h1-7,10,15-16H,8,13-14H2. The molecule has 0 heterocycles. The first-order valence-corrected chi connectivity index (χ1v) is 5.19. The number of nitrogens with two attached hydrogens (primary N) is 2. The molecule has 0 aliphatic heterocycles. The molecule has 3 atom stereocenters. The molecule has 0 radical (unpaired) electrons. The molecule has 0 saturated heterocycles. The van der Waals surface area contributed by atoms with Crippen molar-refractivity contribution in [2.24, 2.45) is 11.5 Å². The summed E-state index contributed by atoms with van der Waals surface area (Å²) in [6.45, 7) is 0. The van der Waals surface area contributed by atoms with Crippen LogP contribution in [-0.4, -0.2) is 22.0 Å². The quantitative estimate of drug-likeness (QED) is 0.390. The van der Waals surface area contributed by atoms with Crippen LogP contribution >= 0.6 is 0 Å². The van der Waals surface area contributed by atoms with Gasteiger partial charge in [-0.25, -0.2) is 0 Å². The highest BCUT2D eigenvalue weighted by atomic mass is 16.3. The van der Waals surface area contributed by atoms with Crippen molar-refractivity contribution in [1.82, 2.24) is 0 Å². The summed E-state index contributed by atoms with van der Waals surface area (Å²) in [5, 5.41) is 20.4. The molecule has 4 heteroatoms. The lowest BCUT2D eigenvalue weighted by Gasteiger charge is -2.42. The minimum Gasteiger partial charge on any atom is -0.379 e. The Morgan fingerprint density at radius 3 is 2.44 bits per heavy atom. The van der Waals surface area contributed by atoms with Gasteiger partial charge in [0.25, 0.3) is 0 Å². The summed E-state index contributed by atoms with van der Waals surface area (Å²) in [7, 11) is 0. The molecular formula is C12H16N2O2. The Morgan fingerprint density at radius 2 is 1.81 bits per heavy atom. The van der Waals surface area contributed by atoms with Gasteiger partial charge in [-0.1, -0.05) is 42.5 Å². The zero-order chi connectivity index (χ0) is 11.8. The van der Waals surface area contributed by atoms with Crippen molar-refractivity contribution in [3.05, 3.63) is 48.0 Å². The van der Waals surface area contributed by atoms with Crippen molar-refractivity contribution < 1.29 is 10.2 Å². The van der Waals surface area contributed by atoms with Crippen LogP contribution in [0.5, 0.6) is 0 Å². The van der Waals surface area contributed by atoms with Gasteiger partial charge in [-0.3, -0.25) is 0 Å². The number of rotatable bonds is 1. The van der Waals surface area contributed by atoms with E-state index < -0.39 is 17.4 Å². The van der Waals surface area contributed by atoms with Crippen molar-refractivity contribution >= 4 is 0 Å². The summed E-state index contributed by atoms with van der Waals surface area (Å²) < 4.78 is 0. The van der Waals surface area contributed by atoms with Crippen LogP contribution in [0.3, 0.4) is 0 Å². The molecule has 0 fully saturated rings. The average molecular weight is 220 g/mol. The summed E-state index contributed by atoms with van der Waals surface area (Å²) in [5.74, 6) is 0. The first-order chi connectivity index (χ1) is 7.47. The second-order valence-corrected chi connectivity index (χ2v) is 4.27. The Labute approximate surface area is 94.2 Å². The Bertz CT molecular complexity index is 403. The molecule has 0 saturated carbocycles. The largest absolute Gasteiger partial charge is 0.379 e. The lowest BCUT2D eigenvalue weighted by atomic mass is 9.76. The van der Waals surface area contributed by atoms with Gasteiger partial charge in [0, 0.05) is 6.42 Å². The van der Waals surface area contributed by atoms with Crippen molar-refractivity contribution in [3.63, 3.8) is 0 Å². The molecule has 16 heavy (non-hydrogen) atoms. The van der Waals surface area contributed by atoms with E-state index in [9.17, 15) is 10.2 Å². The number of benzene rings is 1. The van der Waals surface area contributed by atoms with Gasteiger partial charge < -0.3 is 21.7 Å². The van der Waals surface area contributed by atoms with Gasteiger partial charge in [0.15, 0.2) is 0 Å². The van der Waals surface area contributed by atoms with Crippen molar-refractivity contribution in [1.29, 1.82) is 0 Å².